The predicted octanol–water partition coefficient (Wildman–Crippen LogP) is 2.55. The highest BCUT2D eigenvalue weighted by Gasteiger charge is 2.12. The Bertz CT molecular complexity index is 593. The van der Waals surface area contributed by atoms with Crippen molar-refractivity contribution < 1.29 is 14.2 Å². The van der Waals surface area contributed by atoms with Crippen LogP contribution in [0.5, 0.6) is 5.88 Å². The number of benzene rings is 1. The zero-order chi connectivity index (χ0) is 15.2. The fourth-order valence-electron chi connectivity index (χ4n) is 1.78. The second-order valence-corrected chi connectivity index (χ2v) is 4.83. The van der Waals surface area contributed by atoms with Crippen LogP contribution in [0.25, 0.3) is 0 Å². The number of halogens is 1. The fourth-order valence-corrected chi connectivity index (χ4v) is 1.78. The molecule has 1 heterocycles. The van der Waals surface area contributed by atoms with Crippen molar-refractivity contribution in [1.29, 1.82) is 0 Å². The predicted molar refractivity (Wildman–Crippen MR) is 77.6 cm³/mol. The van der Waals surface area contributed by atoms with Crippen molar-refractivity contribution in [1.82, 2.24) is 9.97 Å². The monoisotopic (exact) mass is 291 g/mol. The lowest BCUT2D eigenvalue weighted by molar-refractivity contribution is 0.190. The van der Waals surface area contributed by atoms with E-state index in [1.807, 2.05) is 13.8 Å². The summed E-state index contributed by atoms with van der Waals surface area (Å²) in [6.07, 6.45) is 2.18. The summed E-state index contributed by atoms with van der Waals surface area (Å²) in [4.78, 5) is 8.23. The van der Waals surface area contributed by atoms with Crippen LogP contribution in [-0.2, 0) is 0 Å². The van der Waals surface area contributed by atoms with E-state index in [1.165, 1.54) is 24.5 Å². The van der Waals surface area contributed by atoms with Gasteiger partial charge >= 0.3 is 0 Å². The van der Waals surface area contributed by atoms with Crippen LogP contribution in [0.2, 0.25) is 0 Å². The van der Waals surface area contributed by atoms with Crippen LogP contribution >= 0.6 is 0 Å². The third-order valence-corrected chi connectivity index (χ3v) is 2.71. The maximum atomic E-state index is 13.1. The SMILES string of the molecule is CC(C)Oc1nccnc1NCC(O)c1cccc(F)c1. The van der Waals surface area contributed by atoms with Crippen molar-refractivity contribution in [3.63, 3.8) is 0 Å². The van der Waals surface area contributed by atoms with E-state index in [4.69, 9.17) is 4.74 Å². The maximum Gasteiger partial charge on any atom is 0.257 e. The van der Waals surface area contributed by atoms with Crippen LogP contribution < -0.4 is 10.1 Å². The summed E-state index contributed by atoms with van der Waals surface area (Å²) in [6.45, 7) is 3.96. The Balaban J connectivity index is 2.02. The summed E-state index contributed by atoms with van der Waals surface area (Å²) in [7, 11) is 0. The van der Waals surface area contributed by atoms with Crippen molar-refractivity contribution in [2.24, 2.45) is 0 Å². The van der Waals surface area contributed by atoms with Crippen LogP contribution in [0, 0.1) is 5.82 Å². The average Bonchev–Trinajstić information content (AvgIpc) is 2.45. The number of aliphatic hydroxyl groups excluding tert-OH is 1. The number of aromatic nitrogens is 2. The molecule has 112 valence electrons. The molecule has 0 radical (unpaired) electrons. The van der Waals surface area contributed by atoms with Gasteiger partial charge in [0.05, 0.1) is 12.2 Å². The van der Waals surface area contributed by atoms with Gasteiger partial charge in [-0.15, -0.1) is 0 Å². The summed E-state index contributed by atoms with van der Waals surface area (Å²) in [5.41, 5.74) is 0.498. The molecule has 0 amide bonds. The molecule has 0 saturated carbocycles. The lowest BCUT2D eigenvalue weighted by Crippen LogP contribution is -2.16. The van der Waals surface area contributed by atoms with Crippen molar-refractivity contribution in [3.8, 4) is 5.88 Å². The summed E-state index contributed by atoms with van der Waals surface area (Å²) < 4.78 is 18.6. The van der Waals surface area contributed by atoms with Gasteiger partial charge in [0.15, 0.2) is 5.82 Å². The summed E-state index contributed by atoms with van der Waals surface area (Å²) >= 11 is 0. The number of anilines is 1. The number of hydrogen-bond acceptors (Lipinski definition) is 5. The fraction of sp³-hybridized carbons (Fsp3) is 0.333. The maximum absolute atomic E-state index is 13.1. The molecule has 21 heavy (non-hydrogen) atoms. The van der Waals surface area contributed by atoms with Gasteiger partial charge in [0.1, 0.15) is 5.82 Å². The number of aliphatic hydroxyl groups is 1. The topological polar surface area (TPSA) is 67.3 Å². The molecule has 0 saturated heterocycles. The molecule has 0 aliphatic heterocycles. The van der Waals surface area contributed by atoms with Gasteiger partial charge in [0.25, 0.3) is 5.88 Å². The summed E-state index contributed by atoms with van der Waals surface area (Å²) in [5.74, 6) is 0.440. The molecule has 0 fully saturated rings. The molecule has 2 rings (SSSR count). The van der Waals surface area contributed by atoms with E-state index >= 15 is 0 Å². The highest BCUT2D eigenvalue weighted by atomic mass is 19.1. The Morgan fingerprint density at radius 3 is 2.76 bits per heavy atom. The molecule has 2 N–H and O–H groups in total. The molecule has 2 aromatic rings. The molecule has 5 nitrogen and oxygen atoms in total. The van der Waals surface area contributed by atoms with Crippen molar-refractivity contribution in [2.45, 2.75) is 26.1 Å². The highest BCUT2D eigenvalue weighted by Crippen LogP contribution is 2.21. The molecule has 1 unspecified atom stereocenters. The minimum absolute atomic E-state index is 0.0320. The van der Waals surface area contributed by atoms with E-state index in [9.17, 15) is 9.50 Å². The van der Waals surface area contributed by atoms with Gasteiger partial charge in [-0.05, 0) is 31.5 Å². The molecule has 0 bridgehead atoms. The first kappa shape index (κ1) is 15.2. The lowest BCUT2D eigenvalue weighted by Gasteiger charge is -2.15. The Morgan fingerprint density at radius 1 is 1.29 bits per heavy atom. The molecule has 6 heteroatoms. The van der Waals surface area contributed by atoms with Crippen LogP contribution in [-0.4, -0.2) is 27.7 Å². The first-order valence-electron chi connectivity index (χ1n) is 6.71. The molecule has 1 atom stereocenters. The van der Waals surface area contributed by atoms with Gasteiger partial charge in [-0.25, -0.2) is 14.4 Å². The van der Waals surface area contributed by atoms with Gasteiger partial charge in [-0.1, -0.05) is 12.1 Å². The highest BCUT2D eigenvalue weighted by molar-refractivity contribution is 5.45. The van der Waals surface area contributed by atoms with Crippen LogP contribution in [0.3, 0.4) is 0 Å². The number of nitrogens with zero attached hydrogens (tertiary/aromatic N) is 2. The first-order valence-corrected chi connectivity index (χ1v) is 6.71. The third kappa shape index (κ3) is 4.39. The van der Waals surface area contributed by atoms with Gasteiger partial charge in [-0.3, -0.25) is 0 Å². The second kappa shape index (κ2) is 6.99. The molecule has 1 aromatic heterocycles. The Hall–Kier alpha value is -2.21. The minimum atomic E-state index is -0.852. The van der Waals surface area contributed by atoms with Crippen molar-refractivity contribution in [2.75, 3.05) is 11.9 Å². The van der Waals surface area contributed by atoms with Gasteiger partial charge in [0, 0.05) is 18.9 Å². The molecular weight excluding hydrogens is 273 g/mol. The summed E-state index contributed by atoms with van der Waals surface area (Å²) in [6, 6.07) is 5.86. The quantitative estimate of drug-likeness (QED) is 0.856. The second-order valence-electron chi connectivity index (χ2n) is 4.83. The molecular formula is C15H18FN3O2. The van der Waals surface area contributed by atoms with Crippen molar-refractivity contribution >= 4 is 5.82 Å². The molecule has 1 aromatic carbocycles. The van der Waals surface area contributed by atoms with Crippen LogP contribution in [0.4, 0.5) is 10.2 Å². The smallest absolute Gasteiger partial charge is 0.257 e. The molecule has 0 aliphatic carbocycles. The zero-order valence-corrected chi connectivity index (χ0v) is 12.0. The number of rotatable bonds is 6. The summed E-state index contributed by atoms with van der Waals surface area (Å²) in [5, 5.41) is 13.0. The molecule has 0 spiro atoms. The number of hydrogen-bond donors (Lipinski definition) is 2. The number of nitrogens with one attached hydrogen (secondary N) is 1. The van der Waals surface area contributed by atoms with E-state index in [2.05, 4.69) is 15.3 Å². The first-order chi connectivity index (χ1) is 10.1. The zero-order valence-electron chi connectivity index (χ0n) is 12.0. The van der Waals surface area contributed by atoms with E-state index in [-0.39, 0.29) is 18.5 Å². The van der Waals surface area contributed by atoms with E-state index in [0.717, 1.165) is 0 Å². The standard InChI is InChI=1S/C15H18FN3O2/c1-10(2)21-15-14(17-6-7-18-15)19-9-13(20)11-4-3-5-12(16)8-11/h3-8,10,13,20H,9H2,1-2H3,(H,17,19). The van der Waals surface area contributed by atoms with Gasteiger partial charge in [0.2, 0.25) is 0 Å². The lowest BCUT2D eigenvalue weighted by atomic mass is 10.1. The Labute approximate surface area is 122 Å². The van der Waals surface area contributed by atoms with Gasteiger partial charge in [-0.2, -0.15) is 0 Å². The molecule has 0 aliphatic rings. The van der Waals surface area contributed by atoms with E-state index in [0.29, 0.717) is 17.3 Å². The van der Waals surface area contributed by atoms with Crippen LogP contribution in [0.15, 0.2) is 36.7 Å². The average molecular weight is 291 g/mol. The van der Waals surface area contributed by atoms with Crippen LogP contribution in [0.1, 0.15) is 25.5 Å². The van der Waals surface area contributed by atoms with Crippen molar-refractivity contribution in [3.05, 3.63) is 48.0 Å². The largest absolute Gasteiger partial charge is 0.472 e. The Morgan fingerprint density at radius 2 is 2.05 bits per heavy atom. The van der Waals surface area contributed by atoms with E-state index < -0.39 is 6.10 Å². The third-order valence-electron chi connectivity index (χ3n) is 2.71. The normalized spacial score (nSPS) is 12.2. The van der Waals surface area contributed by atoms with Gasteiger partial charge < -0.3 is 15.2 Å². The van der Waals surface area contributed by atoms with E-state index in [1.54, 1.807) is 12.1 Å². The number of ether oxygens (including phenoxy) is 1. The Kier molecular flexibility index (Phi) is 5.05. The minimum Gasteiger partial charge on any atom is -0.472 e.